The van der Waals surface area contributed by atoms with Gasteiger partial charge in [0, 0.05) is 10.6 Å². The van der Waals surface area contributed by atoms with E-state index in [2.05, 4.69) is 0 Å². The van der Waals surface area contributed by atoms with E-state index < -0.39 is 5.97 Å². The molecule has 0 amide bonds. The van der Waals surface area contributed by atoms with Gasteiger partial charge in [-0.2, -0.15) is 0 Å². The van der Waals surface area contributed by atoms with Crippen molar-refractivity contribution in [2.75, 3.05) is 0 Å². The van der Waals surface area contributed by atoms with Gasteiger partial charge >= 0.3 is 5.97 Å². The number of carbonyl (C=O) groups excluding carboxylic acids is 1. The van der Waals surface area contributed by atoms with Crippen LogP contribution >= 0.6 is 11.6 Å². The fraction of sp³-hybridized carbons (Fsp3) is 0. The zero-order valence-electron chi connectivity index (χ0n) is 10.6. The third kappa shape index (κ3) is 2.19. The van der Waals surface area contributed by atoms with E-state index in [0.29, 0.717) is 21.0 Å². The topological polar surface area (TPSA) is 74.6 Å². The van der Waals surface area contributed by atoms with E-state index in [-0.39, 0.29) is 22.7 Å². The normalized spacial score (nSPS) is 12.1. The molecule has 0 saturated heterocycles. The van der Waals surface area contributed by atoms with Crippen molar-refractivity contribution in [3.8, 4) is 5.75 Å². The van der Waals surface area contributed by atoms with Crippen LogP contribution in [0.5, 0.6) is 5.75 Å². The van der Waals surface area contributed by atoms with Crippen LogP contribution in [0.3, 0.4) is 0 Å². The largest absolute Gasteiger partial charge is 0.507 e. The molecule has 0 aliphatic heterocycles. The SMILES string of the molecule is O=C(O)C1=c2cc(O)c(C(=O)c3cccc(Cl)c3)cc2=C1. The van der Waals surface area contributed by atoms with E-state index in [1.165, 1.54) is 24.3 Å². The minimum Gasteiger partial charge on any atom is -0.507 e. The zero-order valence-corrected chi connectivity index (χ0v) is 11.4. The lowest BCUT2D eigenvalue weighted by atomic mass is 9.94. The lowest BCUT2D eigenvalue weighted by molar-refractivity contribution is -0.130. The second-order valence-corrected chi connectivity index (χ2v) is 5.10. The number of carboxylic acids is 1. The molecule has 0 saturated carbocycles. The summed E-state index contributed by atoms with van der Waals surface area (Å²) >= 11 is 5.85. The molecule has 104 valence electrons. The summed E-state index contributed by atoms with van der Waals surface area (Å²) in [4.78, 5) is 23.3. The molecule has 1 aliphatic carbocycles. The molecule has 2 N–H and O–H groups in total. The number of phenolic OH excluding ortho intramolecular Hbond substituents is 1. The summed E-state index contributed by atoms with van der Waals surface area (Å²) in [6.45, 7) is 0. The van der Waals surface area contributed by atoms with Gasteiger partial charge in [-0.15, -0.1) is 0 Å². The van der Waals surface area contributed by atoms with E-state index in [1.807, 2.05) is 0 Å². The van der Waals surface area contributed by atoms with Crippen LogP contribution in [0.2, 0.25) is 5.02 Å². The number of carbonyl (C=O) groups is 2. The number of halogens is 1. The van der Waals surface area contributed by atoms with Gasteiger partial charge in [0.15, 0.2) is 5.78 Å². The highest BCUT2D eigenvalue weighted by Gasteiger charge is 2.19. The van der Waals surface area contributed by atoms with Gasteiger partial charge in [0.25, 0.3) is 0 Å². The Labute approximate surface area is 124 Å². The number of ketones is 1. The standard InChI is InChI=1S/C16H9ClO4/c17-10-3-1-2-8(4-10)15(19)13-6-9-5-12(16(20)21)11(9)7-14(13)18/h1-7,18H,(H,20,21). The molecule has 0 atom stereocenters. The molecule has 5 heteroatoms. The van der Waals surface area contributed by atoms with Crippen LogP contribution < -0.4 is 10.4 Å². The summed E-state index contributed by atoms with van der Waals surface area (Å²) < 4.78 is 0. The first kappa shape index (κ1) is 13.4. The van der Waals surface area contributed by atoms with Gasteiger partial charge in [0.05, 0.1) is 11.1 Å². The average molecular weight is 301 g/mol. The molecule has 2 aromatic rings. The Hall–Kier alpha value is -2.59. The molecule has 0 aromatic heterocycles. The molecule has 2 aromatic carbocycles. The molecule has 21 heavy (non-hydrogen) atoms. The molecule has 0 spiro atoms. The fourth-order valence-electron chi connectivity index (χ4n) is 2.26. The Kier molecular flexibility index (Phi) is 3.03. The molecular formula is C16H9ClO4. The van der Waals surface area contributed by atoms with Crippen molar-refractivity contribution in [1.82, 2.24) is 0 Å². The van der Waals surface area contributed by atoms with Crippen LogP contribution in [0.25, 0.3) is 11.6 Å². The van der Waals surface area contributed by atoms with Gasteiger partial charge in [0.1, 0.15) is 5.75 Å². The molecule has 0 radical (unpaired) electrons. The van der Waals surface area contributed by atoms with Crippen LogP contribution in [0.15, 0.2) is 36.4 Å². The van der Waals surface area contributed by atoms with Gasteiger partial charge < -0.3 is 10.2 Å². The smallest absolute Gasteiger partial charge is 0.336 e. The van der Waals surface area contributed by atoms with Crippen molar-refractivity contribution in [1.29, 1.82) is 0 Å². The lowest BCUT2D eigenvalue weighted by Gasteiger charge is -2.10. The summed E-state index contributed by atoms with van der Waals surface area (Å²) in [5.74, 6) is -1.67. The third-order valence-electron chi connectivity index (χ3n) is 3.32. The lowest BCUT2D eigenvalue weighted by Crippen LogP contribution is -2.37. The highest BCUT2D eigenvalue weighted by atomic mass is 35.5. The number of hydrogen-bond acceptors (Lipinski definition) is 3. The Bertz CT molecular complexity index is 912. The maximum atomic E-state index is 12.4. The minimum atomic E-state index is -1.06. The van der Waals surface area contributed by atoms with E-state index in [1.54, 1.807) is 18.2 Å². The molecule has 4 nitrogen and oxygen atoms in total. The first-order chi connectivity index (χ1) is 9.97. The molecule has 1 aliphatic rings. The summed E-state index contributed by atoms with van der Waals surface area (Å²) in [6, 6.07) is 9.21. The molecule has 0 bridgehead atoms. The summed E-state index contributed by atoms with van der Waals surface area (Å²) in [5, 5.41) is 20.4. The number of rotatable bonds is 3. The number of aliphatic carboxylic acids is 1. The highest BCUT2D eigenvalue weighted by molar-refractivity contribution is 6.31. The third-order valence-corrected chi connectivity index (χ3v) is 3.55. The monoisotopic (exact) mass is 300 g/mol. The quantitative estimate of drug-likeness (QED) is 0.838. The molecule has 0 fully saturated rings. The van der Waals surface area contributed by atoms with Crippen LogP contribution in [-0.4, -0.2) is 22.0 Å². The van der Waals surface area contributed by atoms with E-state index >= 15 is 0 Å². The van der Waals surface area contributed by atoms with Crippen molar-refractivity contribution >= 4 is 35.0 Å². The molecule has 0 unspecified atom stereocenters. The number of hydrogen-bond donors (Lipinski definition) is 2. The van der Waals surface area contributed by atoms with Crippen molar-refractivity contribution in [2.45, 2.75) is 0 Å². The molecule has 3 rings (SSSR count). The maximum Gasteiger partial charge on any atom is 0.336 e. The minimum absolute atomic E-state index is 0.122. The van der Waals surface area contributed by atoms with Gasteiger partial charge in [-0.3, -0.25) is 4.79 Å². The predicted octanol–water partition coefficient (Wildman–Crippen LogP) is 1.31. The Morgan fingerprint density at radius 3 is 2.52 bits per heavy atom. The summed E-state index contributed by atoms with van der Waals surface area (Å²) in [7, 11) is 0. The van der Waals surface area contributed by atoms with E-state index in [9.17, 15) is 14.7 Å². The van der Waals surface area contributed by atoms with Crippen LogP contribution in [0.4, 0.5) is 0 Å². The van der Waals surface area contributed by atoms with E-state index in [0.717, 1.165) is 0 Å². The number of aromatic hydroxyl groups is 1. The first-order valence-electron chi connectivity index (χ1n) is 6.10. The predicted molar refractivity (Wildman–Crippen MR) is 77.8 cm³/mol. The van der Waals surface area contributed by atoms with Crippen LogP contribution in [0.1, 0.15) is 15.9 Å². The number of benzene rings is 2. The van der Waals surface area contributed by atoms with Crippen LogP contribution in [-0.2, 0) is 4.79 Å². The Morgan fingerprint density at radius 1 is 1.10 bits per heavy atom. The number of phenols is 1. The van der Waals surface area contributed by atoms with Gasteiger partial charge in [0.2, 0.25) is 0 Å². The fourth-order valence-corrected chi connectivity index (χ4v) is 2.45. The second-order valence-electron chi connectivity index (χ2n) is 4.66. The average Bonchev–Trinajstić information content (AvgIpc) is 2.41. The van der Waals surface area contributed by atoms with Gasteiger partial charge in [-0.25, -0.2) is 4.79 Å². The summed E-state index contributed by atoms with van der Waals surface area (Å²) in [5.41, 5.74) is 0.610. The molecular weight excluding hydrogens is 292 g/mol. The Morgan fingerprint density at radius 2 is 1.86 bits per heavy atom. The summed E-state index contributed by atoms with van der Waals surface area (Å²) in [6.07, 6.45) is 1.46. The van der Waals surface area contributed by atoms with Crippen molar-refractivity contribution in [3.63, 3.8) is 0 Å². The number of carboxylic acid groups (broad SMARTS) is 1. The zero-order chi connectivity index (χ0) is 15.1. The van der Waals surface area contributed by atoms with Crippen molar-refractivity contribution in [3.05, 3.63) is 63.0 Å². The molecule has 0 heterocycles. The first-order valence-corrected chi connectivity index (χ1v) is 6.48. The van der Waals surface area contributed by atoms with Crippen molar-refractivity contribution in [2.24, 2.45) is 0 Å². The second kappa shape index (κ2) is 4.75. The van der Waals surface area contributed by atoms with Gasteiger partial charge in [-0.1, -0.05) is 23.7 Å². The van der Waals surface area contributed by atoms with Crippen molar-refractivity contribution < 1.29 is 19.8 Å². The number of fused-ring (bicyclic) bond motifs is 1. The highest BCUT2D eigenvalue weighted by Crippen LogP contribution is 2.20. The maximum absolute atomic E-state index is 12.4. The van der Waals surface area contributed by atoms with E-state index in [4.69, 9.17) is 16.7 Å². The van der Waals surface area contributed by atoms with Crippen LogP contribution in [0, 0.1) is 0 Å². The Balaban J connectivity index is 2.10. The van der Waals surface area contributed by atoms with Gasteiger partial charge in [-0.05, 0) is 40.8 Å².